The van der Waals surface area contributed by atoms with Crippen molar-refractivity contribution in [1.29, 1.82) is 0 Å². The Balaban J connectivity index is 1.93. The number of ether oxygens (including phenoxy) is 4. The zero-order valence-corrected chi connectivity index (χ0v) is 16.8. The molecule has 1 aliphatic rings. The Morgan fingerprint density at radius 3 is 2.04 bits per heavy atom. The van der Waals surface area contributed by atoms with E-state index in [2.05, 4.69) is 5.32 Å². The van der Waals surface area contributed by atoms with Crippen LogP contribution in [-0.2, 0) is 14.3 Å². The van der Waals surface area contributed by atoms with Crippen LogP contribution < -0.4 is 14.8 Å². The summed E-state index contributed by atoms with van der Waals surface area (Å²) in [5, 5.41) is 2.77. The highest BCUT2D eigenvalue weighted by molar-refractivity contribution is 7.99. The molecule has 1 aliphatic heterocycles. The summed E-state index contributed by atoms with van der Waals surface area (Å²) in [6.45, 7) is 5.39. The highest BCUT2D eigenvalue weighted by Crippen LogP contribution is 2.31. The van der Waals surface area contributed by atoms with E-state index in [4.69, 9.17) is 18.9 Å². The van der Waals surface area contributed by atoms with Gasteiger partial charge in [0, 0.05) is 41.7 Å². The minimum absolute atomic E-state index is 0.111. The highest BCUT2D eigenvalue weighted by Gasteiger charge is 2.08. The summed E-state index contributed by atoms with van der Waals surface area (Å²) in [6, 6.07) is 5.47. The Labute approximate surface area is 163 Å². The molecule has 1 aromatic rings. The average Bonchev–Trinajstić information content (AvgIpc) is 2.61. The molecule has 1 N–H and O–H groups in total. The molecule has 0 fully saturated rings. The quantitative estimate of drug-likeness (QED) is 0.776. The fourth-order valence-electron chi connectivity index (χ4n) is 2.20. The van der Waals surface area contributed by atoms with Crippen LogP contribution in [0.5, 0.6) is 11.5 Å². The van der Waals surface area contributed by atoms with Gasteiger partial charge in [0.05, 0.1) is 39.6 Å². The number of thioether (sulfide) groups is 2. The van der Waals surface area contributed by atoms with Gasteiger partial charge in [-0.1, -0.05) is 0 Å². The van der Waals surface area contributed by atoms with E-state index in [1.165, 1.54) is 6.92 Å². The van der Waals surface area contributed by atoms with E-state index in [1.807, 2.05) is 18.2 Å². The Bertz CT molecular complexity index is 544. The highest BCUT2D eigenvalue weighted by atomic mass is 32.2. The lowest BCUT2D eigenvalue weighted by atomic mass is 10.2. The van der Waals surface area contributed by atoms with Gasteiger partial charge in [0.2, 0.25) is 5.91 Å². The molecule has 8 heteroatoms. The third kappa shape index (κ3) is 9.02. The number of amides is 1. The first-order valence-corrected chi connectivity index (χ1v) is 11.0. The van der Waals surface area contributed by atoms with Crippen LogP contribution in [0.3, 0.4) is 0 Å². The molecule has 0 saturated carbocycles. The largest absolute Gasteiger partial charge is 0.489 e. The van der Waals surface area contributed by atoms with E-state index in [-0.39, 0.29) is 5.91 Å². The van der Waals surface area contributed by atoms with E-state index in [0.717, 1.165) is 36.2 Å². The lowest BCUT2D eigenvalue weighted by molar-refractivity contribution is -0.114. The first-order valence-electron chi connectivity index (χ1n) is 8.74. The van der Waals surface area contributed by atoms with Crippen molar-refractivity contribution in [3.63, 3.8) is 0 Å². The summed E-state index contributed by atoms with van der Waals surface area (Å²) in [6.07, 6.45) is 0. The van der Waals surface area contributed by atoms with E-state index in [0.29, 0.717) is 43.6 Å². The van der Waals surface area contributed by atoms with E-state index in [9.17, 15) is 4.79 Å². The molecule has 1 aromatic carbocycles. The number of hydrogen-bond acceptors (Lipinski definition) is 7. The van der Waals surface area contributed by atoms with Gasteiger partial charge in [-0.2, -0.15) is 23.5 Å². The maximum Gasteiger partial charge on any atom is 0.221 e. The molecule has 146 valence electrons. The third-order valence-corrected chi connectivity index (χ3v) is 5.17. The fourth-order valence-corrected chi connectivity index (χ4v) is 3.49. The number of anilines is 1. The van der Waals surface area contributed by atoms with Gasteiger partial charge in [-0.15, -0.1) is 0 Å². The van der Waals surface area contributed by atoms with Crippen LogP contribution in [-0.4, -0.2) is 68.6 Å². The zero-order chi connectivity index (χ0) is 18.5. The molecular formula is C18H27NO5S2. The van der Waals surface area contributed by atoms with Crippen LogP contribution in [0.2, 0.25) is 0 Å². The van der Waals surface area contributed by atoms with Crippen molar-refractivity contribution in [2.75, 3.05) is 68.0 Å². The predicted octanol–water partition coefficient (Wildman–Crippen LogP) is 2.92. The Morgan fingerprint density at radius 1 is 0.846 bits per heavy atom. The number of fused-ring (bicyclic) bond motifs is 1. The number of rotatable bonds is 1. The molecule has 1 heterocycles. The molecule has 0 radical (unpaired) electrons. The molecule has 1 amide bonds. The van der Waals surface area contributed by atoms with Crippen molar-refractivity contribution in [3.8, 4) is 11.5 Å². The van der Waals surface area contributed by atoms with Crippen molar-refractivity contribution >= 4 is 35.1 Å². The van der Waals surface area contributed by atoms with Gasteiger partial charge in [0.25, 0.3) is 0 Å². The monoisotopic (exact) mass is 401 g/mol. The van der Waals surface area contributed by atoms with Gasteiger partial charge in [-0.05, 0) is 12.1 Å². The van der Waals surface area contributed by atoms with Crippen LogP contribution in [0, 0.1) is 0 Å². The van der Waals surface area contributed by atoms with Gasteiger partial charge in [-0.3, -0.25) is 4.79 Å². The molecule has 26 heavy (non-hydrogen) atoms. The first-order chi connectivity index (χ1) is 12.8. The molecule has 0 bridgehead atoms. The fraction of sp³-hybridized carbons (Fsp3) is 0.611. The van der Waals surface area contributed by atoms with Gasteiger partial charge in [0.1, 0.15) is 0 Å². The van der Waals surface area contributed by atoms with Crippen LogP contribution in [0.15, 0.2) is 18.2 Å². The summed E-state index contributed by atoms with van der Waals surface area (Å²) < 4.78 is 22.8. The Morgan fingerprint density at radius 2 is 1.42 bits per heavy atom. The number of carbonyl (C=O) groups is 1. The van der Waals surface area contributed by atoms with Crippen LogP contribution >= 0.6 is 23.5 Å². The Hall–Kier alpha value is -1.09. The number of benzene rings is 1. The van der Waals surface area contributed by atoms with Crippen molar-refractivity contribution < 1.29 is 23.7 Å². The second kappa shape index (κ2) is 13.1. The van der Waals surface area contributed by atoms with Gasteiger partial charge < -0.3 is 24.3 Å². The average molecular weight is 402 g/mol. The van der Waals surface area contributed by atoms with Gasteiger partial charge >= 0.3 is 0 Å². The summed E-state index contributed by atoms with van der Waals surface area (Å²) in [5.74, 6) is 4.84. The van der Waals surface area contributed by atoms with Crippen LogP contribution in [0.4, 0.5) is 5.69 Å². The smallest absolute Gasteiger partial charge is 0.221 e. The van der Waals surface area contributed by atoms with Gasteiger partial charge in [-0.25, -0.2) is 0 Å². The lowest BCUT2D eigenvalue weighted by Crippen LogP contribution is -2.11. The maximum atomic E-state index is 11.3. The molecule has 0 unspecified atom stereocenters. The second-order valence-electron chi connectivity index (χ2n) is 5.49. The normalized spacial score (nSPS) is 18.3. The standard InChI is InChI=1S/C18H27NO5S2/c1-15(20)19-16-2-3-17-18(14-16)24-9-13-26-11-7-22-5-4-21-6-10-25-12-8-23-17/h2-3,14H,4-13H2,1H3,(H,19,20). The van der Waals surface area contributed by atoms with E-state index < -0.39 is 0 Å². The number of carbonyl (C=O) groups excluding carboxylic acids is 1. The van der Waals surface area contributed by atoms with Crippen LogP contribution in [0.1, 0.15) is 6.92 Å². The predicted molar refractivity (Wildman–Crippen MR) is 108 cm³/mol. The van der Waals surface area contributed by atoms with Crippen molar-refractivity contribution in [3.05, 3.63) is 18.2 Å². The summed E-state index contributed by atoms with van der Waals surface area (Å²) in [5.41, 5.74) is 0.703. The van der Waals surface area contributed by atoms with E-state index >= 15 is 0 Å². The minimum atomic E-state index is -0.111. The molecule has 0 saturated heterocycles. The van der Waals surface area contributed by atoms with Crippen molar-refractivity contribution in [2.45, 2.75) is 6.92 Å². The lowest BCUT2D eigenvalue weighted by Gasteiger charge is -2.15. The Kier molecular flexibility index (Phi) is 10.7. The van der Waals surface area contributed by atoms with Crippen molar-refractivity contribution in [1.82, 2.24) is 0 Å². The van der Waals surface area contributed by atoms with E-state index in [1.54, 1.807) is 23.5 Å². The molecule has 0 aliphatic carbocycles. The molecule has 2 rings (SSSR count). The summed E-state index contributed by atoms with van der Waals surface area (Å²) >= 11 is 3.57. The molecule has 0 atom stereocenters. The molecule has 6 nitrogen and oxygen atoms in total. The number of nitrogens with one attached hydrogen (secondary N) is 1. The maximum absolute atomic E-state index is 11.3. The zero-order valence-electron chi connectivity index (χ0n) is 15.2. The molecular weight excluding hydrogens is 374 g/mol. The first kappa shape index (κ1) is 21.2. The molecule has 0 aromatic heterocycles. The minimum Gasteiger partial charge on any atom is -0.489 e. The summed E-state index contributed by atoms with van der Waals surface area (Å²) in [4.78, 5) is 11.3. The van der Waals surface area contributed by atoms with Gasteiger partial charge in [0.15, 0.2) is 11.5 Å². The topological polar surface area (TPSA) is 66.0 Å². The SMILES string of the molecule is CC(=O)Nc1ccc2c(c1)OCCSCCOCCOCCSCCO2. The third-order valence-electron chi connectivity index (χ3n) is 3.35. The van der Waals surface area contributed by atoms with Crippen LogP contribution in [0.25, 0.3) is 0 Å². The summed E-state index contributed by atoms with van der Waals surface area (Å²) in [7, 11) is 0. The number of hydrogen-bond donors (Lipinski definition) is 1. The molecule has 0 spiro atoms. The second-order valence-corrected chi connectivity index (χ2v) is 7.94. The van der Waals surface area contributed by atoms with Crippen molar-refractivity contribution in [2.24, 2.45) is 0 Å².